The highest BCUT2D eigenvalue weighted by atomic mass is 16.5. The molecule has 1 aliphatic heterocycles. The van der Waals surface area contributed by atoms with E-state index in [0.717, 1.165) is 42.9 Å². The van der Waals surface area contributed by atoms with Crippen LogP contribution in [0.2, 0.25) is 0 Å². The van der Waals surface area contributed by atoms with Gasteiger partial charge in [0.05, 0.1) is 11.6 Å². The quantitative estimate of drug-likeness (QED) is 0.710. The maximum atomic E-state index is 12.1. The summed E-state index contributed by atoms with van der Waals surface area (Å²) in [6, 6.07) is 9.90. The second-order valence-electron chi connectivity index (χ2n) is 6.99. The average Bonchev–Trinajstić information content (AvgIpc) is 3.30. The first-order chi connectivity index (χ1) is 12.1. The van der Waals surface area contributed by atoms with E-state index in [-0.39, 0.29) is 11.8 Å². The van der Waals surface area contributed by atoms with Crippen molar-refractivity contribution in [2.45, 2.75) is 45.2 Å². The largest absolute Gasteiger partial charge is 0.419 e. The van der Waals surface area contributed by atoms with Gasteiger partial charge in [-0.25, -0.2) is 4.79 Å². The third kappa shape index (κ3) is 3.02. The Morgan fingerprint density at radius 3 is 2.92 bits per heavy atom. The summed E-state index contributed by atoms with van der Waals surface area (Å²) in [6.45, 7) is 6.62. The molecule has 0 bridgehead atoms. The Kier molecular flexibility index (Phi) is 4.21. The molecule has 2 aromatic heterocycles. The zero-order valence-corrected chi connectivity index (χ0v) is 14.6. The maximum absolute atomic E-state index is 12.1. The molecule has 6 nitrogen and oxygen atoms in total. The van der Waals surface area contributed by atoms with E-state index in [2.05, 4.69) is 30.0 Å². The molecule has 0 unspecified atom stereocenters. The number of para-hydroxylation sites is 2. The molecule has 132 valence electrons. The van der Waals surface area contributed by atoms with E-state index in [1.54, 1.807) is 4.57 Å². The average molecular weight is 341 g/mol. The number of hydrogen-bond acceptors (Lipinski definition) is 5. The Bertz CT molecular complexity index is 921. The first-order valence-electron chi connectivity index (χ1n) is 8.92. The molecule has 1 aromatic carbocycles. The standard InChI is InChI=1S/C19H23N3O3/c1-13(2)18-12-14(20-25-18)15-7-5-9-21(15)10-11-22-16-6-3-4-8-17(16)24-19(22)23/h3-4,6,8,12-13,15H,5,7,9-11H2,1-2H3/t15-/m0/s1. The van der Waals surface area contributed by atoms with Gasteiger partial charge >= 0.3 is 5.76 Å². The van der Waals surface area contributed by atoms with Gasteiger partial charge in [0, 0.05) is 25.1 Å². The van der Waals surface area contributed by atoms with Gasteiger partial charge in [0.2, 0.25) is 0 Å². The highest BCUT2D eigenvalue weighted by molar-refractivity contribution is 5.72. The Morgan fingerprint density at radius 2 is 2.12 bits per heavy atom. The van der Waals surface area contributed by atoms with Crippen molar-refractivity contribution in [1.29, 1.82) is 0 Å². The van der Waals surface area contributed by atoms with Crippen molar-refractivity contribution in [3.05, 3.63) is 52.3 Å². The Hall–Kier alpha value is -2.34. The van der Waals surface area contributed by atoms with Gasteiger partial charge in [-0.1, -0.05) is 31.1 Å². The van der Waals surface area contributed by atoms with Gasteiger partial charge in [-0.3, -0.25) is 9.47 Å². The molecule has 4 rings (SSSR count). The predicted octanol–water partition coefficient (Wildman–Crippen LogP) is 3.54. The molecule has 0 spiro atoms. The zero-order chi connectivity index (χ0) is 17.4. The number of rotatable bonds is 5. The molecule has 3 aromatic rings. The Morgan fingerprint density at radius 1 is 1.28 bits per heavy atom. The molecule has 0 N–H and O–H groups in total. The molecule has 6 heteroatoms. The maximum Gasteiger partial charge on any atom is 0.419 e. The normalized spacial score (nSPS) is 18.6. The van der Waals surface area contributed by atoms with Gasteiger partial charge in [-0.05, 0) is 31.5 Å². The zero-order valence-electron chi connectivity index (χ0n) is 14.6. The fourth-order valence-corrected chi connectivity index (χ4v) is 3.62. The number of aromatic nitrogens is 2. The molecular formula is C19H23N3O3. The van der Waals surface area contributed by atoms with Crippen LogP contribution < -0.4 is 5.76 Å². The number of nitrogens with zero attached hydrogens (tertiary/aromatic N) is 3. The lowest BCUT2D eigenvalue weighted by Gasteiger charge is -2.22. The lowest BCUT2D eigenvalue weighted by Crippen LogP contribution is -2.29. The van der Waals surface area contributed by atoms with Crippen LogP contribution in [0, 0.1) is 0 Å². The fourth-order valence-electron chi connectivity index (χ4n) is 3.62. The van der Waals surface area contributed by atoms with Crippen molar-refractivity contribution >= 4 is 11.1 Å². The van der Waals surface area contributed by atoms with E-state index < -0.39 is 0 Å². The number of benzene rings is 1. The van der Waals surface area contributed by atoms with Crippen LogP contribution in [-0.4, -0.2) is 27.7 Å². The Balaban J connectivity index is 1.51. The van der Waals surface area contributed by atoms with Crippen molar-refractivity contribution in [3.63, 3.8) is 0 Å². The number of fused-ring (bicyclic) bond motifs is 1. The summed E-state index contributed by atoms with van der Waals surface area (Å²) in [5.74, 6) is 0.978. The van der Waals surface area contributed by atoms with E-state index in [9.17, 15) is 4.79 Å². The van der Waals surface area contributed by atoms with Gasteiger partial charge in [0.1, 0.15) is 11.5 Å². The van der Waals surface area contributed by atoms with Crippen molar-refractivity contribution < 1.29 is 8.94 Å². The van der Waals surface area contributed by atoms with Crippen molar-refractivity contribution in [2.24, 2.45) is 0 Å². The predicted molar refractivity (Wildman–Crippen MR) is 94.6 cm³/mol. The van der Waals surface area contributed by atoms with Crippen molar-refractivity contribution in [1.82, 2.24) is 14.6 Å². The molecule has 0 aliphatic carbocycles. The topological polar surface area (TPSA) is 64.4 Å². The van der Waals surface area contributed by atoms with E-state index in [1.165, 1.54) is 0 Å². The summed E-state index contributed by atoms with van der Waals surface area (Å²) in [5.41, 5.74) is 2.50. The summed E-state index contributed by atoms with van der Waals surface area (Å²) in [4.78, 5) is 14.5. The molecule has 0 amide bonds. The van der Waals surface area contributed by atoms with Crippen LogP contribution in [0.3, 0.4) is 0 Å². The van der Waals surface area contributed by atoms with Crippen LogP contribution in [0.1, 0.15) is 50.1 Å². The van der Waals surface area contributed by atoms with Gasteiger partial charge in [-0.2, -0.15) is 0 Å². The molecule has 1 atom stereocenters. The molecule has 1 aliphatic rings. The highest BCUT2D eigenvalue weighted by Crippen LogP contribution is 2.32. The molecule has 0 radical (unpaired) electrons. The van der Waals surface area contributed by atoms with E-state index >= 15 is 0 Å². The van der Waals surface area contributed by atoms with Crippen molar-refractivity contribution in [3.8, 4) is 0 Å². The minimum Gasteiger partial charge on any atom is -0.408 e. The van der Waals surface area contributed by atoms with Crippen LogP contribution in [0.5, 0.6) is 0 Å². The summed E-state index contributed by atoms with van der Waals surface area (Å²) in [7, 11) is 0. The summed E-state index contributed by atoms with van der Waals surface area (Å²) in [5, 5.41) is 4.28. The monoisotopic (exact) mass is 341 g/mol. The van der Waals surface area contributed by atoms with Gasteiger partial charge in [0.25, 0.3) is 0 Å². The second-order valence-corrected chi connectivity index (χ2v) is 6.99. The van der Waals surface area contributed by atoms with E-state index in [4.69, 9.17) is 8.94 Å². The lowest BCUT2D eigenvalue weighted by atomic mass is 10.1. The van der Waals surface area contributed by atoms with E-state index in [1.807, 2.05) is 24.3 Å². The van der Waals surface area contributed by atoms with Crippen LogP contribution in [0.4, 0.5) is 0 Å². The van der Waals surface area contributed by atoms with Crippen LogP contribution in [0.15, 0.2) is 44.1 Å². The number of likely N-dealkylation sites (tertiary alicyclic amines) is 1. The first-order valence-corrected chi connectivity index (χ1v) is 8.92. The number of hydrogen-bond donors (Lipinski definition) is 0. The second kappa shape index (κ2) is 6.52. The third-order valence-corrected chi connectivity index (χ3v) is 5.01. The summed E-state index contributed by atoms with van der Waals surface area (Å²) >= 11 is 0. The fraction of sp³-hybridized carbons (Fsp3) is 0.474. The summed E-state index contributed by atoms with van der Waals surface area (Å²) in [6.07, 6.45) is 2.21. The smallest absolute Gasteiger partial charge is 0.408 e. The number of oxazole rings is 1. The summed E-state index contributed by atoms with van der Waals surface area (Å²) < 4.78 is 12.5. The SMILES string of the molecule is CC(C)c1cc([C@@H]2CCCN2CCn2c(=O)oc3ccccc32)no1. The third-order valence-electron chi connectivity index (χ3n) is 5.01. The molecule has 1 saturated heterocycles. The minimum absolute atomic E-state index is 0.269. The van der Waals surface area contributed by atoms with Crippen LogP contribution >= 0.6 is 0 Å². The van der Waals surface area contributed by atoms with E-state index in [0.29, 0.717) is 18.0 Å². The highest BCUT2D eigenvalue weighted by Gasteiger charge is 2.29. The Labute approximate surface area is 146 Å². The molecule has 0 saturated carbocycles. The molecular weight excluding hydrogens is 318 g/mol. The molecule has 1 fully saturated rings. The molecule has 25 heavy (non-hydrogen) atoms. The van der Waals surface area contributed by atoms with Gasteiger partial charge < -0.3 is 8.94 Å². The van der Waals surface area contributed by atoms with Gasteiger partial charge in [0.15, 0.2) is 5.58 Å². The van der Waals surface area contributed by atoms with Gasteiger partial charge in [-0.15, -0.1) is 0 Å². The van der Waals surface area contributed by atoms with Crippen LogP contribution in [0.25, 0.3) is 11.1 Å². The minimum atomic E-state index is -0.291. The molecule has 3 heterocycles. The first kappa shape index (κ1) is 16.1. The van der Waals surface area contributed by atoms with Crippen molar-refractivity contribution in [2.75, 3.05) is 13.1 Å². The lowest BCUT2D eigenvalue weighted by molar-refractivity contribution is 0.234. The van der Waals surface area contributed by atoms with Crippen LogP contribution in [-0.2, 0) is 6.54 Å².